The summed E-state index contributed by atoms with van der Waals surface area (Å²) in [6.07, 6.45) is 2.02. The molecule has 0 unspecified atom stereocenters. The van der Waals surface area contributed by atoms with Crippen LogP contribution in [0.15, 0.2) is 12.1 Å². The van der Waals surface area contributed by atoms with Crippen LogP contribution in [0.4, 0.5) is 5.82 Å². The molecule has 7 nitrogen and oxygen atoms in total. The quantitative estimate of drug-likeness (QED) is 0.774. The molecule has 2 aromatic rings. The van der Waals surface area contributed by atoms with Crippen LogP contribution in [-0.2, 0) is 4.74 Å². The molecule has 2 aromatic heterocycles. The van der Waals surface area contributed by atoms with Crippen molar-refractivity contribution in [3.63, 3.8) is 0 Å². The minimum Gasteiger partial charge on any atom is -0.381 e. The molecule has 0 bridgehead atoms. The molecule has 1 aliphatic rings. The average molecular weight is 220 g/mol. The highest BCUT2D eigenvalue weighted by atomic mass is 16.5. The highest BCUT2D eigenvalue weighted by Crippen LogP contribution is 2.12. The van der Waals surface area contributed by atoms with E-state index in [1.165, 1.54) is 4.63 Å². The van der Waals surface area contributed by atoms with Crippen molar-refractivity contribution in [1.82, 2.24) is 25.3 Å². The largest absolute Gasteiger partial charge is 0.381 e. The van der Waals surface area contributed by atoms with Crippen molar-refractivity contribution in [1.29, 1.82) is 0 Å². The number of aromatic nitrogens is 5. The molecule has 0 spiro atoms. The van der Waals surface area contributed by atoms with Crippen LogP contribution < -0.4 is 5.32 Å². The van der Waals surface area contributed by atoms with E-state index in [-0.39, 0.29) is 0 Å². The molecule has 1 fully saturated rings. The molecule has 1 aliphatic heterocycles. The first-order chi connectivity index (χ1) is 7.92. The Balaban J connectivity index is 1.77. The van der Waals surface area contributed by atoms with E-state index in [0.717, 1.165) is 31.9 Å². The fourth-order valence-corrected chi connectivity index (χ4v) is 1.78. The number of fused-ring (bicyclic) bond motifs is 1. The molecule has 0 radical (unpaired) electrons. The Kier molecular flexibility index (Phi) is 2.37. The average Bonchev–Trinajstić information content (AvgIpc) is 2.77. The predicted octanol–water partition coefficient (Wildman–Crippen LogP) is 0.110. The van der Waals surface area contributed by atoms with E-state index in [1.54, 1.807) is 0 Å². The Morgan fingerprint density at radius 3 is 3.06 bits per heavy atom. The van der Waals surface area contributed by atoms with Crippen molar-refractivity contribution in [3.05, 3.63) is 12.1 Å². The van der Waals surface area contributed by atoms with Crippen LogP contribution in [0.3, 0.4) is 0 Å². The molecule has 0 amide bonds. The first-order valence-electron chi connectivity index (χ1n) is 5.31. The predicted molar refractivity (Wildman–Crippen MR) is 56.0 cm³/mol. The van der Waals surface area contributed by atoms with Gasteiger partial charge in [0.2, 0.25) is 0 Å². The van der Waals surface area contributed by atoms with Gasteiger partial charge in [-0.2, -0.15) is 0 Å². The molecule has 1 N–H and O–H groups in total. The van der Waals surface area contributed by atoms with Gasteiger partial charge in [0.1, 0.15) is 5.82 Å². The fourth-order valence-electron chi connectivity index (χ4n) is 1.78. The molecule has 3 rings (SSSR count). The second kappa shape index (κ2) is 4.01. The summed E-state index contributed by atoms with van der Waals surface area (Å²) >= 11 is 0. The smallest absolute Gasteiger partial charge is 0.200 e. The summed E-state index contributed by atoms with van der Waals surface area (Å²) in [5.74, 6) is 0.798. The standard InChI is InChI=1S/C9H12N6O/c1-2-9-11-13-14-15(9)12-8(1)10-7-3-5-16-6-4-7/h1-2,7H,3-6H2,(H,10,12). The van der Waals surface area contributed by atoms with Crippen molar-refractivity contribution in [2.24, 2.45) is 0 Å². The van der Waals surface area contributed by atoms with E-state index in [1.807, 2.05) is 12.1 Å². The Bertz CT molecular complexity index is 478. The van der Waals surface area contributed by atoms with Crippen molar-refractivity contribution >= 4 is 11.5 Å². The summed E-state index contributed by atoms with van der Waals surface area (Å²) in [4.78, 5) is 0. The zero-order chi connectivity index (χ0) is 10.8. The van der Waals surface area contributed by atoms with Crippen LogP contribution in [0.25, 0.3) is 5.65 Å². The van der Waals surface area contributed by atoms with Crippen LogP contribution in [-0.4, -0.2) is 44.5 Å². The normalized spacial score (nSPS) is 17.8. The summed E-state index contributed by atoms with van der Waals surface area (Å²) in [6.45, 7) is 1.62. The third-order valence-electron chi connectivity index (χ3n) is 2.64. The maximum atomic E-state index is 5.30. The molecule has 84 valence electrons. The Hall–Kier alpha value is -1.76. The Morgan fingerprint density at radius 2 is 2.19 bits per heavy atom. The SMILES string of the molecule is c1cc2nnnn2nc1NC1CCOCC1. The van der Waals surface area contributed by atoms with Crippen molar-refractivity contribution in [2.75, 3.05) is 18.5 Å². The third-order valence-corrected chi connectivity index (χ3v) is 2.64. The molecular weight excluding hydrogens is 208 g/mol. The maximum absolute atomic E-state index is 5.30. The molecule has 1 saturated heterocycles. The maximum Gasteiger partial charge on any atom is 0.200 e. The van der Waals surface area contributed by atoms with E-state index >= 15 is 0 Å². The summed E-state index contributed by atoms with van der Waals surface area (Å²) in [7, 11) is 0. The number of anilines is 1. The van der Waals surface area contributed by atoms with Gasteiger partial charge in [0.25, 0.3) is 0 Å². The lowest BCUT2D eigenvalue weighted by Gasteiger charge is -2.23. The lowest BCUT2D eigenvalue weighted by atomic mass is 10.1. The van der Waals surface area contributed by atoms with Crippen LogP contribution in [0.2, 0.25) is 0 Å². The topological polar surface area (TPSA) is 77.2 Å². The molecule has 0 aliphatic carbocycles. The minimum atomic E-state index is 0.426. The van der Waals surface area contributed by atoms with Crippen LogP contribution in [0.5, 0.6) is 0 Å². The van der Waals surface area contributed by atoms with Gasteiger partial charge in [-0.05, 0) is 35.4 Å². The van der Waals surface area contributed by atoms with Gasteiger partial charge >= 0.3 is 0 Å². The number of nitrogens with one attached hydrogen (secondary N) is 1. The second-order valence-electron chi connectivity index (χ2n) is 3.78. The molecule has 16 heavy (non-hydrogen) atoms. The number of nitrogens with zero attached hydrogens (tertiary/aromatic N) is 5. The summed E-state index contributed by atoms with van der Waals surface area (Å²) in [5, 5.41) is 18.7. The fraction of sp³-hybridized carbons (Fsp3) is 0.556. The van der Waals surface area contributed by atoms with E-state index in [2.05, 4.69) is 25.9 Å². The number of hydrogen-bond donors (Lipinski definition) is 1. The van der Waals surface area contributed by atoms with Gasteiger partial charge < -0.3 is 10.1 Å². The minimum absolute atomic E-state index is 0.426. The molecule has 3 heterocycles. The monoisotopic (exact) mass is 220 g/mol. The number of tetrazole rings is 1. The van der Waals surface area contributed by atoms with E-state index < -0.39 is 0 Å². The first kappa shape index (κ1) is 9.46. The highest BCUT2D eigenvalue weighted by Gasteiger charge is 2.14. The van der Waals surface area contributed by atoms with Crippen LogP contribution in [0.1, 0.15) is 12.8 Å². The Labute approximate surface area is 91.8 Å². The van der Waals surface area contributed by atoms with Gasteiger partial charge in [-0.3, -0.25) is 0 Å². The lowest BCUT2D eigenvalue weighted by Crippen LogP contribution is -2.28. The summed E-state index contributed by atoms with van der Waals surface area (Å²) in [5.41, 5.74) is 0.650. The highest BCUT2D eigenvalue weighted by molar-refractivity contribution is 5.42. The number of rotatable bonds is 2. The molecule has 0 atom stereocenters. The molecule has 7 heteroatoms. The van der Waals surface area contributed by atoms with E-state index in [0.29, 0.717) is 11.7 Å². The zero-order valence-corrected chi connectivity index (χ0v) is 8.70. The van der Waals surface area contributed by atoms with Gasteiger partial charge in [-0.25, -0.2) is 0 Å². The molecule has 0 saturated carbocycles. The van der Waals surface area contributed by atoms with Crippen molar-refractivity contribution in [3.8, 4) is 0 Å². The van der Waals surface area contributed by atoms with Crippen LogP contribution in [0, 0.1) is 0 Å². The van der Waals surface area contributed by atoms with Gasteiger partial charge in [-0.15, -0.1) is 14.8 Å². The van der Waals surface area contributed by atoms with Gasteiger partial charge in [0, 0.05) is 19.3 Å². The summed E-state index contributed by atoms with van der Waals surface area (Å²) in [6, 6.07) is 4.16. The first-order valence-corrected chi connectivity index (χ1v) is 5.31. The number of ether oxygens (including phenoxy) is 1. The van der Waals surface area contributed by atoms with E-state index in [4.69, 9.17) is 4.74 Å². The van der Waals surface area contributed by atoms with Crippen molar-refractivity contribution < 1.29 is 4.74 Å². The van der Waals surface area contributed by atoms with Gasteiger partial charge in [0.05, 0.1) is 0 Å². The zero-order valence-electron chi connectivity index (χ0n) is 8.70. The third kappa shape index (κ3) is 1.81. The second-order valence-corrected chi connectivity index (χ2v) is 3.78. The van der Waals surface area contributed by atoms with E-state index in [9.17, 15) is 0 Å². The Morgan fingerprint density at radius 1 is 1.31 bits per heavy atom. The summed E-state index contributed by atoms with van der Waals surface area (Å²) < 4.78 is 6.72. The van der Waals surface area contributed by atoms with Crippen LogP contribution >= 0.6 is 0 Å². The number of hydrogen-bond acceptors (Lipinski definition) is 6. The molecule has 0 aromatic carbocycles. The van der Waals surface area contributed by atoms with Crippen molar-refractivity contribution in [2.45, 2.75) is 18.9 Å². The molecular formula is C9H12N6O. The lowest BCUT2D eigenvalue weighted by molar-refractivity contribution is 0.0903. The van der Waals surface area contributed by atoms with Gasteiger partial charge in [0.15, 0.2) is 5.65 Å². The van der Waals surface area contributed by atoms with Gasteiger partial charge in [-0.1, -0.05) is 0 Å².